The van der Waals surface area contributed by atoms with Crippen LogP contribution in [0, 0.1) is 31.6 Å². The molecule has 4 rings (SSSR count). The highest BCUT2D eigenvalue weighted by molar-refractivity contribution is 5.42. The van der Waals surface area contributed by atoms with E-state index in [0.717, 1.165) is 11.8 Å². The van der Waals surface area contributed by atoms with Gasteiger partial charge in [0.05, 0.1) is 0 Å². The Morgan fingerprint density at radius 1 is 0.920 bits per heavy atom. The molecule has 128 valence electrons. The van der Waals surface area contributed by atoms with Gasteiger partial charge in [-0.25, -0.2) is 0 Å². The van der Waals surface area contributed by atoms with Crippen LogP contribution in [-0.4, -0.2) is 0 Å². The molecule has 3 atom stereocenters. The first-order valence-corrected chi connectivity index (χ1v) is 9.63. The number of aryl methyl sites for hydroxylation is 2. The van der Waals surface area contributed by atoms with E-state index in [-0.39, 0.29) is 0 Å². The summed E-state index contributed by atoms with van der Waals surface area (Å²) in [5.74, 6) is 2.54. The van der Waals surface area contributed by atoms with Crippen molar-refractivity contribution in [2.75, 3.05) is 0 Å². The van der Waals surface area contributed by atoms with Gasteiger partial charge < -0.3 is 0 Å². The van der Waals surface area contributed by atoms with Gasteiger partial charge in [0.2, 0.25) is 0 Å². The first kappa shape index (κ1) is 16.4. The molecule has 0 spiro atoms. The van der Waals surface area contributed by atoms with E-state index in [1.54, 1.807) is 5.57 Å². The number of rotatable bonds is 3. The highest BCUT2D eigenvalue weighted by atomic mass is 14.5. The molecular formula is C25H28. The van der Waals surface area contributed by atoms with Crippen LogP contribution in [0.2, 0.25) is 0 Å². The summed E-state index contributed by atoms with van der Waals surface area (Å²) in [6.07, 6.45) is 9.59. The summed E-state index contributed by atoms with van der Waals surface area (Å²) in [4.78, 5) is 0. The quantitative estimate of drug-likeness (QED) is 0.596. The SMILES string of the molecule is Cc1cccc(C(c2cccc(C)c2)C2C3=CC=CCC3CC2C)c1. The summed E-state index contributed by atoms with van der Waals surface area (Å²) in [5, 5.41) is 0. The number of allylic oxidation sites excluding steroid dienone is 4. The largest absolute Gasteiger partial charge is 0.0839 e. The number of benzene rings is 2. The van der Waals surface area contributed by atoms with Crippen LogP contribution in [-0.2, 0) is 0 Å². The van der Waals surface area contributed by atoms with Gasteiger partial charge in [-0.1, -0.05) is 90.4 Å². The van der Waals surface area contributed by atoms with E-state index in [4.69, 9.17) is 0 Å². The van der Waals surface area contributed by atoms with Crippen LogP contribution < -0.4 is 0 Å². The Labute approximate surface area is 152 Å². The third-order valence-electron chi connectivity index (χ3n) is 6.13. The summed E-state index contributed by atoms with van der Waals surface area (Å²) in [6.45, 7) is 6.88. The van der Waals surface area contributed by atoms with Gasteiger partial charge in [0.1, 0.15) is 0 Å². The molecule has 2 aromatic rings. The van der Waals surface area contributed by atoms with Crippen LogP contribution in [0.5, 0.6) is 0 Å². The second kappa shape index (κ2) is 6.67. The van der Waals surface area contributed by atoms with E-state index in [0.29, 0.717) is 11.8 Å². The summed E-state index contributed by atoms with van der Waals surface area (Å²) < 4.78 is 0. The van der Waals surface area contributed by atoms with Crippen LogP contribution in [0.1, 0.15) is 47.9 Å². The lowest BCUT2D eigenvalue weighted by atomic mass is 9.73. The Morgan fingerprint density at radius 3 is 2.16 bits per heavy atom. The molecule has 0 saturated heterocycles. The van der Waals surface area contributed by atoms with Gasteiger partial charge in [-0.15, -0.1) is 0 Å². The minimum absolute atomic E-state index is 0.456. The van der Waals surface area contributed by atoms with Crippen molar-refractivity contribution in [1.82, 2.24) is 0 Å². The average molecular weight is 328 g/mol. The highest BCUT2D eigenvalue weighted by Gasteiger charge is 2.41. The van der Waals surface area contributed by atoms with Crippen LogP contribution in [0.3, 0.4) is 0 Å². The zero-order chi connectivity index (χ0) is 17.4. The van der Waals surface area contributed by atoms with Crippen molar-refractivity contribution >= 4 is 0 Å². The van der Waals surface area contributed by atoms with Crippen molar-refractivity contribution in [2.45, 2.75) is 39.5 Å². The monoisotopic (exact) mass is 328 g/mol. The second-order valence-electron chi connectivity index (χ2n) is 8.07. The van der Waals surface area contributed by atoms with Crippen LogP contribution in [0.25, 0.3) is 0 Å². The summed E-state index contributed by atoms with van der Waals surface area (Å²) in [6, 6.07) is 18.3. The third-order valence-corrected chi connectivity index (χ3v) is 6.13. The maximum atomic E-state index is 2.46. The smallest absolute Gasteiger partial charge is 0.0158 e. The zero-order valence-corrected chi connectivity index (χ0v) is 15.6. The Hall–Kier alpha value is -2.08. The van der Waals surface area contributed by atoms with Crippen molar-refractivity contribution in [2.24, 2.45) is 17.8 Å². The summed E-state index contributed by atoms with van der Waals surface area (Å²) >= 11 is 0. The van der Waals surface area contributed by atoms with Crippen LogP contribution in [0.4, 0.5) is 0 Å². The molecule has 0 heterocycles. The fraction of sp³-hybridized carbons (Fsp3) is 0.360. The Balaban J connectivity index is 1.85. The summed E-state index contributed by atoms with van der Waals surface area (Å²) in [5.41, 5.74) is 7.34. The van der Waals surface area contributed by atoms with Crippen molar-refractivity contribution in [3.63, 3.8) is 0 Å². The van der Waals surface area contributed by atoms with E-state index in [1.165, 1.54) is 35.1 Å². The molecule has 0 aliphatic heterocycles. The molecule has 0 N–H and O–H groups in total. The molecule has 1 saturated carbocycles. The first-order chi connectivity index (χ1) is 12.1. The van der Waals surface area contributed by atoms with Gasteiger partial charge in [0, 0.05) is 5.92 Å². The van der Waals surface area contributed by atoms with E-state index in [1.807, 2.05) is 0 Å². The standard InChI is InChI=1S/C25H28/c1-17-8-6-11-21(14-17)25(22-12-7-9-18(2)15-22)24-19(3)16-20-10-4-5-13-23(20)24/h4-9,11-15,19-20,24-25H,10,16H2,1-3H3. The van der Waals surface area contributed by atoms with Gasteiger partial charge in [-0.3, -0.25) is 0 Å². The molecule has 25 heavy (non-hydrogen) atoms. The lowest BCUT2D eigenvalue weighted by Gasteiger charge is -2.31. The Kier molecular flexibility index (Phi) is 4.37. The zero-order valence-electron chi connectivity index (χ0n) is 15.6. The molecule has 2 aliphatic carbocycles. The fourth-order valence-corrected chi connectivity index (χ4v) is 5.09. The van der Waals surface area contributed by atoms with Gasteiger partial charge >= 0.3 is 0 Å². The van der Waals surface area contributed by atoms with Crippen molar-refractivity contribution in [3.8, 4) is 0 Å². The minimum Gasteiger partial charge on any atom is -0.0839 e. The number of fused-ring (bicyclic) bond motifs is 1. The predicted octanol–water partition coefficient (Wildman–Crippen LogP) is 6.59. The highest BCUT2D eigenvalue weighted by Crippen LogP contribution is 2.52. The van der Waals surface area contributed by atoms with Gasteiger partial charge in [-0.05, 0) is 55.6 Å². The van der Waals surface area contributed by atoms with Crippen molar-refractivity contribution in [1.29, 1.82) is 0 Å². The molecule has 0 bridgehead atoms. The lowest BCUT2D eigenvalue weighted by Crippen LogP contribution is -2.19. The molecule has 0 amide bonds. The fourth-order valence-electron chi connectivity index (χ4n) is 5.09. The molecule has 2 aliphatic rings. The van der Waals surface area contributed by atoms with Gasteiger partial charge in [-0.2, -0.15) is 0 Å². The van der Waals surface area contributed by atoms with E-state index in [2.05, 4.69) is 87.5 Å². The van der Waals surface area contributed by atoms with Gasteiger partial charge in [0.25, 0.3) is 0 Å². The second-order valence-corrected chi connectivity index (χ2v) is 8.07. The number of hydrogen-bond donors (Lipinski definition) is 0. The molecular weight excluding hydrogens is 300 g/mol. The topological polar surface area (TPSA) is 0 Å². The molecule has 0 aromatic heterocycles. The molecule has 0 nitrogen and oxygen atoms in total. The van der Waals surface area contributed by atoms with E-state index in [9.17, 15) is 0 Å². The first-order valence-electron chi connectivity index (χ1n) is 9.63. The lowest BCUT2D eigenvalue weighted by molar-refractivity contribution is 0.413. The minimum atomic E-state index is 0.456. The molecule has 3 unspecified atom stereocenters. The van der Waals surface area contributed by atoms with Crippen molar-refractivity contribution < 1.29 is 0 Å². The van der Waals surface area contributed by atoms with E-state index < -0.39 is 0 Å². The molecule has 0 radical (unpaired) electrons. The average Bonchev–Trinajstić information content (AvgIpc) is 2.92. The maximum absolute atomic E-state index is 2.46. The Bertz CT molecular complexity index is 778. The predicted molar refractivity (Wildman–Crippen MR) is 107 cm³/mol. The third kappa shape index (κ3) is 3.11. The maximum Gasteiger partial charge on any atom is 0.0158 e. The molecule has 0 heteroatoms. The summed E-state index contributed by atoms with van der Waals surface area (Å²) in [7, 11) is 0. The molecule has 1 fully saturated rings. The van der Waals surface area contributed by atoms with Gasteiger partial charge in [0.15, 0.2) is 0 Å². The van der Waals surface area contributed by atoms with Crippen LogP contribution >= 0.6 is 0 Å². The number of hydrogen-bond acceptors (Lipinski definition) is 0. The van der Waals surface area contributed by atoms with Crippen molar-refractivity contribution in [3.05, 3.63) is 94.6 Å². The molecule has 2 aromatic carbocycles. The van der Waals surface area contributed by atoms with Crippen LogP contribution in [0.15, 0.2) is 72.3 Å². The normalized spacial score (nSPS) is 25.1. The Morgan fingerprint density at radius 2 is 1.56 bits per heavy atom. The van der Waals surface area contributed by atoms with E-state index >= 15 is 0 Å².